The van der Waals surface area contributed by atoms with Crippen LogP contribution >= 0.6 is 23.1 Å². The molecular formula is C10H15N3O3S3. The molecule has 1 aliphatic rings. The first kappa shape index (κ1) is 14.5. The van der Waals surface area contributed by atoms with Gasteiger partial charge in [0.15, 0.2) is 9.84 Å². The second-order valence-corrected chi connectivity index (χ2v) is 8.31. The number of anilines is 2. The predicted octanol–water partition coefficient (Wildman–Crippen LogP) is 0.386. The SMILES string of the molecule is CSc1c(N2CCS(=O)(=O)CC2)sc(C(N)=O)c1N. The molecule has 106 valence electrons. The highest BCUT2D eigenvalue weighted by Crippen LogP contribution is 2.43. The molecule has 2 heterocycles. The van der Waals surface area contributed by atoms with Crippen molar-refractivity contribution in [2.75, 3.05) is 41.5 Å². The molecule has 0 aromatic carbocycles. The van der Waals surface area contributed by atoms with Gasteiger partial charge in [0, 0.05) is 13.1 Å². The van der Waals surface area contributed by atoms with Gasteiger partial charge >= 0.3 is 0 Å². The molecule has 0 atom stereocenters. The Balaban J connectivity index is 2.35. The smallest absolute Gasteiger partial charge is 0.261 e. The van der Waals surface area contributed by atoms with E-state index in [9.17, 15) is 13.2 Å². The Morgan fingerprint density at radius 1 is 1.37 bits per heavy atom. The molecule has 1 aromatic rings. The normalized spacial score (nSPS) is 18.5. The van der Waals surface area contributed by atoms with Gasteiger partial charge in [0.25, 0.3) is 5.91 Å². The summed E-state index contributed by atoms with van der Waals surface area (Å²) < 4.78 is 22.9. The van der Waals surface area contributed by atoms with Gasteiger partial charge in [-0.15, -0.1) is 23.1 Å². The number of thioether (sulfide) groups is 1. The van der Waals surface area contributed by atoms with Crippen LogP contribution in [-0.4, -0.2) is 45.2 Å². The number of rotatable bonds is 3. The van der Waals surface area contributed by atoms with Gasteiger partial charge in [0.2, 0.25) is 0 Å². The summed E-state index contributed by atoms with van der Waals surface area (Å²) in [6.07, 6.45) is 1.87. The average molecular weight is 321 g/mol. The molecule has 0 unspecified atom stereocenters. The topological polar surface area (TPSA) is 106 Å². The van der Waals surface area contributed by atoms with Crippen LogP contribution in [0.5, 0.6) is 0 Å². The minimum absolute atomic E-state index is 0.129. The number of nitrogens with two attached hydrogens (primary N) is 2. The molecule has 1 aromatic heterocycles. The molecule has 1 fully saturated rings. The van der Waals surface area contributed by atoms with Crippen molar-refractivity contribution in [3.63, 3.8) is 0 Å². The quantitative estimate of drug-likeness (QED) is 0.780. The van der Waals surface area contributed by atoms with Crippen LogP contribution in [0.15, 0.2) is 4.90 Å². The molecule has 6 nitrogen and oxygen atoms in total. The molecule has 0 aliphatic carbocycles. The van der Waals surface area contributed by atoms with Crippen LogP contribution in [0.3, 0.4) is 0 Å². The van der Waals surface area contributed by atoms with Gasteiger partial charge < -0.3 is 16.4 Å². The average Bonchev–Trinajstić information content (AvgIpc) is 2.66. The van der Waals surface area contributed by atoms with Gasteiger partial charge in [0.1, 0.15) is 9.88 Å². The standard InChI is InChI=1S/C10H15N3O3S3/c1-17-8-6(11)7(9(12)14)18-10(8)13-2-4-19(15,16)5-3-13/h2-5,11H2,1H3,(H2,12,14). The lowest BCUT2D eigenvalue weighted by Crippen LogP contribution is -2.40. The van der Waals surface area contributed by atoms with E-state index in [-0.39, 0.29) is 11.5 Å². The molecule has 0 radical (unpaired) electrons. The van der Waals surface area contributed by atoms with Crippen LogP contribution < -0.4 is 16.4 Å². The fourth-order valence-electron chi connectivity index (χ4n) is 1.92. The van der Waals surface area contributed by atoms with E-state index in [0.29, 0.717) is 23.7 Å². The van der Waals surface area contributed by atoms with E-state index in [1.54, 1.807) is 0 Å². The third-order valence-electron chi connectivity index (χ3n) is 2.94. The largest absolute Gasteiger partial charge is 0.396 e. The summed E-state index contributed by atoms with van der Waals surface area (Å²) in [5, 5.41) is 0.841. The molecule has 0 saturated carbocycles. The Kier molecular flexibility index (Phi) is 3.98. The first-order valence-electron chi connectivity index (χ1n) is 5.57. The maximum Gasteiger partial charge on any atom is 0.261 e. The fraction of sp³-hybridized carbons (Fsp3) is 0.500. The highest BCUT2D eigenvalue weighted by atomic mass is 32.2. The van der Waals surface area contributed by atoms with Crippen LogP contribution in [-0.2, 0) is 9.84 Å². The van der Waals surface area contributed by atoms with Gasteiger partial charge in [-0.05, 0) is 6.26 Å². The Morgan fingerprint density at radius 3 is 2.42 bits per heavy atom. The first-order valence-corrected chi connectivity index (χ1v) is 9.43. The summed E-state index contributed by atoms with van der Waals surface area (Å²) >= 11 is 2.68. The minimum Gasteiger partial charge on any atom is -0.396 e. The number of sulfone groups is 1. The lowest BCUT2D eigenvalue weighted by molar-refractivity contribution is 0.100. The third-order valence-corrected chi connectivity index (χ3v) is 6.78. The van der Waals surface area contributed by atoms with Crippen molar-refractivity contribution in [1.82, 2.24) is 0 Å². The molecule has 1 saturated heterocycles. The molecule has 1 amide bonds. The van der Waals surface area contributed by atoms with Crippen molar-refractivity contribution in [2.45, 2.75) is 4.90 Å². The van der Waals surface area contributed by atoms with Crippen molar-refractivity contribution in [2.24, 2.45) is 5.73 Å². The second kappa shape index (κ2) is 5.22. The van der Waals surface area contributed by atoms with E-state index >= 15 is 0 Å². The second-order valence-electron chi connectivity index (χ2n) is 4.19. The third kappa shape index (κ3) is 2.82. The number of carbonyl (C=O) groups is 1. The van der Waals surface area contributed by atoms with Crippen molar-refractivity contribution < 1.29 is 13.2 Å². The molecule has 0 bridgehead atoms. The fourth-order valence-corrected chi connectivity index (χ4v) is 5.21. The van der Waals surface area contributed by atoms with Crippen LogP contribution in [0.4, 0.5) is 10.7 Å². The summed E-state index contributed by atoms with van der Waals surface area (Å²) in [6.45, 7) is 0.849. The van der Waals surface area contributed by atoms with E-state index in [1.165, 1.54) is 23.1 Å². The number of carbonyl (C=O) groups excluding carboxylic acids is 1. The van der Waals surface area contributed by atoms with E-state index in [2.05, 4.69) is 0 Å². The predicted molar refractivity (Wildman–Crippen MR) is 79.9 cm³/mol. The number of thiophene rings is 1. The maximum atomic E-state index is 11.4. The summed E-state index contributed by atoms with van der Waals surface area (Å²) in [5.74, 6) is -0.289. The lowest BCUT2D eigenvalue weighted by atomic mass is 10.3. The van der Waals surface area contributed by atoms with E-state index in [4.69, 9.17) is 11.5 Å². The van der Waals surface area contributed by atoms with Crippen LogP contribution in [0, 0.1) is 0 Å². The Morgan fingerprint density at radius 2 is 1.95 bits per heavy atom. The van der Waals surface area contributed by atoms with E-state index in [0.717, 1.165) is 9.90 Å². The van der Waals surface area contributed by atoms with Crippen LogP contribution in [0.25, 0.3) is 0 Å². The molecule has 4 N–H and O–H groups in total. The van der Waals surface area contributed by atoms with Gasteiger partial charge in [-0.2, -0.15) is 0 Å². The van der Waals surface area contributed by atoms with Crippen molar-refractivity contribution in [3.05, 3.63) is 4.88 Å². The number of primary amides is 1. The van der Waals surface area contributed by atoms with Gasteiger partial charge in [-0.1, -0.05) is 0 Å². The summed E-state index contributed by atoms with van der Waals surface area (Å²) in [5.41, 5.74) is 11.6. The van der Waals surface area contributed by atoms with E-state index in [1.807, 2.05) is 11.2 Å². The lowest BCUT2D eigenvalue weighted by Gasteiger charge is -2.28. The van der Waals surface area contributed by atoms with Crippen molar-refractivity contribution >= 4 is 49.5 Å². The summed E-state index contributed by atoms with van der Waals surface area (Å²) in [4.78, 5) is 14.4. The molecule has 2 rings (SSSR count). The Hall–Kier alpha value is -0.930. The van der Waals surface area contributed by atoms with Crippen molar-refractivity contribution in [1.29, 1.82) is 0 Å². The zero-order valence-corrected chi connectivity index (χ0v) is 12.8. The molecule has 0 spiro atoms. The minimum atomic E-state index is -2.93. The first-order chi connectivity index (χ1) is 8.85. The molecule has 9 heteroatoms. The highest BCUT2D eigenvalue weighted by molar-refractivity contribution is 7.99. The molecule has 1 aliphatic heterocycles. The Labute approximate surface area is 120 Å². The molecular weight excluding hydrogens is 306 g/mol. The number of amides is 1. The number of hydrogen-bond donors (Lipinski definition) is 2. The van der Waals surface area contributed by atoms with Gasteiger partial charge in [-0.25, -0.2) is 8.42 Å². The van der Waals surface area contributed by atoms with Gasteiger partial charge in [0.05, 0.1) is 22.1 Å². The highest BCUT2D eigenvalue weighted by Gasteiger charge is 2.27. The van der Waals surface area contributed by atoms with E-state index < -0.39 is 15.7 Å². The monoisotopic (exact) mass is 321 g/mol. The zero-order valence-electron chi connectivity index (χ0n) is 10.4. The number of nitrogen functional groups attached to an aromatic ring is 1. The van der Waals surface area contributed by atoms with Crippen LogP contribution in [0.1, 0.15) is 9.67 Å². The van der Waals surface area contributed by atoms with Gasteiger partial charge in [-0.3, -0.25) is 4.79 Å². The molecule has 19 heavy (non-hydrogen) atoms. The summed E-state index contributed by atoms with van der Waals surface area (Å²) in [6, 6.07) is 0. The Bertz CT molecular complexity index is 595. The number of nitrogens with zero attached hydrogens (tertiary/aromatic N) is 1. The maximum absolute atomic E-state index is 11.4. The van der Waals surface area contributed by atoms with Crippen molar-refractivity contribution in [3.8, 4) is 0 Å². The summed E-state index contributed by atoms with van der Waals surface area (Å²) in [7, 11) is -2.93. The zero-order chi connectivity index (χ0) is 14.2. The van der Waals surface area contributed by atoms with Crippen LogP contribution in [0.2, 0.25) is 0 Å². The number of hydrogen-bond acceptors (Lipinski definition) is 7.